The van der Waals surface area contributed by atoms with Gasteiger partial charge < -0.3 is 20.5 Å². The number of rotatable bonds is 9. The molecule has 0 saturated carbocycles. The number of hydrogen-bond donors (Lipinski definition) is 3. The lowest BCUT2D eigenvalue weighted by Crippen LogP contribution is -2.40. The van der Waals surface area contributed by atoms with Crippen molar-refractivity contribution in [2.24, 2.45) is 5.92 Å². The maximum atomic E-state index is 12.5. The van der Waals surface area contributed by atoms with Crippen molar-refractivity contribution in [1.29, 1.82) is 0 Å². The van der Waals surface area contributed by atoms with Gasteiger partial charge >= 0.3 is 5.97 Å². The SMILES string of the molecule is COC(c1ccc(/C=C/C[C@H](NC(=O)c2c(Cl)cccc2Cl)C(=O)O)cc1)C1CCCNCC1. The minimum Gasteiger partial charge on any atom is -0.480 e. The van der Waals surface area contributed by atoms with Gasteiger partial charge in [-0.05, 0) is 68.0 Å². The summed E-state index contributed by atoms with van der Waals surface area (Å²) in [7, 11) is 1.76. The van der Waals surface area contributed by atoms with Crippen molar-refractivity contribution < 1.29 is 19.4 Å². The van der Waals surface area contributed by atoms with Crippen LogP contribution in [0.4, 0.5) is 0 Å². The molecule has 182 valence electrons. The molecule has 1 aliphatic heterocycles. The average molecular weight is 505 g/mol. The summed E-state index contributed by atoms with van der Waals surface area (Å²) in [5.41, 5.74) is 2.14. The number of nitrogens with one attached hydrogen (secondary N) is 2. The fourth-order valence-corrected chi connectivity index (χ4v) is 4.82. The smallest absolute Gasteiger partial charge is 0.326 e. The van der Waals surface area contributed by atoms with Crippen LogP contribution in [0.3, 0.4) is 0 Å². The average Bonchev–Trinajstić information content (AvgIpc) is 3.09. The Kier molecular flexibility index (Phi) is 9.96. The molecule has 6 nitrogen and oxygen atoms in total. The zero-order chi connectivity index (χ0) is 24.5. The Bertz CT molecular complexity index is 982. The third kappa shape index (κ3) is 7.06. The Balaban J connectivity index is 1.62. The number of hydrogen-bond acceptors (Lipinski definition) is 4. The summed E-state index contributed by atoms with van der Waals surface area (Å²) in [5, 5.41) is 15.8. The van der Waals surface area contributed by atoms with E-state index in [1.165, 1.54) is 12.1 Å². The molecule has 3 rings (SSSR count). The normalized spacial score (nSPS) is 18.3. The number of aliphatic carboxylic acids is 1. The van der Waals surface area contributed by atoms with Crippen molar-refractivity contribution in [2.45, 2.75) is 37.8 Å². The van der Waals surface area contributed by atoms with E-state index in [2.05, 4.69) is 22.8 Å². The Labute approximate surface area is 210 Å². The van der Waals surface area contributed by atoms with Gasteiger partial charge in [0.25, 0.3) is 5.91 Å². The summed E-state index contributed by atoms with van der Waals surface area (Å²) in [5.74, 6) is -1.29. The molecule has 1 saturated heterocycles. The number of benzene rings is 2. The fourth-order valence-electron chi connectivity index (χ4n) is 4.25. The molecular weight excluding hydrogens is 475 g/mol. The number of carboxylic acids is 1. The molecule has 3 atom stereocenters. The minimum absolute atomic E-state index is 0.0566. The first-order valence-electron chi connectivity index (χ1n) is 11.4. The van der Waals surface area contributed by atoms with E-state index in [0.717, 1.165) is 43.5 Å². The van der Waals surface area contributed by atoms with Gasteiger partial charge in [0.2, 0.25) is 0 Å². The van der Waals surface area contributed by atoms with Gasteiger partial charge in [-0.2, -0.15) is 0 Å². The van der Waals surface area contributed by atoms with Crippen molar-refractivity contribution in [2.75, 3.05) is 20.2 Å². The second-order valence-corrected chi connectivity index (χ2v) is 9.18. The Hall–Kier alpha value is -2.38. The van der Waals surface area contributed by atoms with Crippen molar-refractivity contribution in [3.8, 4) is 0 Å². The van der Waals surface area contributed by atoms with Crippen LogP contribution >= 0.6 is 23.2 Å². The van der Waals surface area contributed by atoms with Gasteiger partial charge in [-0.15, -0.1) is 0 Å². The van der Waals surface area contributed by atoms with Gasteiger partial charge in [0.1, 0.15) is 6.04 Å². The third-order valence-corrected chi connectivity index (χ3v) is 6.67. The van der Waals surface area contributed by atoms with E-state index in [0.29, 0.717) is 5.92 Å². The highest BCUT2D eigenvalue weighted by Crippen LogP contribution is 2.32. The van der Waals surface area contributed by atoms with Gasteiger partial charge in [0.05, 0.1) is 21.7 Å². The number of carboxylic acid groups (broad SMARTS) is 1. The van der Waals surface area contributed by atoms with E-state index < -0.39 is 17.9 Å². The van der Waals surface area contributed by atoms with E-state index >= 15 is 0 Å². The highest BCUT2D eigenvalue weighted by Gasteiger charge is 2.24. The molecule has 3 N–H and O–H groups in total. The van der Waals surface area contributed by atoms with Crippen molar-refractivity contribution in [1.82, 2.24) is 10.6 Å². The molecule has 0 spiro atoms. The third-order valence-electron chi connectivity index (χ3n) is 6.04. The quantitative estimate of drug-likeness (QED) is 0.427. The lowest BCUT2D eigenvalue weighted by molar-refractivity contribution is -0.139. The molecule has 34 heavy (non-hydrogen) atoms. The predicted molar refractivity (Wildman–Crippen MR) is 135 cm³/mol. The molecule has 0 bridgehead atoms. The van der Waals surface area contributed by atoms with Crippen LogP contribution in [-0.2, 0) is 9.53 Å². The van der Waals surface area contributed by atoms with Crippen LogP contribution in [0.2, 0.25) is 10.0 Å². The summed E-state index contributed by atoms with van der Waals surface area (Å²) in [6, 6.07) is 11.7. The fraction of sp³-hybridized carbons (Fsp3) is 0.385. The van der Waals surface area contributed by atoms with Crippen LogP contribution in [0.25, 0.3) is 6.08 Å². The molecule has 1 heterocycles. The van der Waals surface area contributed by atoms with Gasteiger partial charge in [0.15, 0.2) is 0 Å². The summed E-state index contributed by atoms with van der Waals surface area (Å²) >= 11 is 12.1. The maximum Gasteiger partial charge on any atom is 0.326 e. The van der Waals surface area contributed by atoms with E-state index in [1.54, 1.807) is 19.3 Å². The number of halogens is 2. The zero-order valence-corrected chi connectivity index (χ0v) is 20.6. The monoisotopic (exact) mass is 504 g/mol. The standard InChI is InChI=1S/C26H30Cl2N2O4/c1-34-24(18-6-4-15-29-16-14-18)19-12-10-17(11-13-19)5-2-9-22(26(32)33)30-25(31)23-20(27)7-3-8-21(23)28/h2-3,5,7-8,10-13,18,22,24,29H,4,6,9,14-16H2,1H3,(H,30,31)(H,32,33)/b5-2+/t18?,22-,24?/m0/s1. The van der Waals surface area contributed by atoms with Crippen LogP contribution in [0.1, 0.15) is 53.3 Å². The molecule has 0 radical (unpaired) electrons. The van der Waals surface area contributed by atoms with Crippen LogP contribution in [0.15, 0.2) is 48.5 Å². The van der Waals surface area contributed by atoms with Crippen LogP contribution in [0, 0.1) is 5.92 Å². The number of amides is 1. The molecule has 1 amide bonds. The Morgan fingerprint density at radius 3 is 2.50 bits per heavy atom. The lowest BCUT2D eigenvalue weighted by Gasteiger charge is -2.25. The molecule has 2 aromatic rings. The van der Waals surface area contributed by atoms with Crippen LogP contribution < -0.4 is 10.6 Å². The van der Waals surface area contributed by atoms with Gasteiger partial charge in [0, 0.05) is 7.11 Å². The Morgan fingerprint density at radius 2 is 1.85 bits per heavy atom. The first kappa shape index (κ1) is 26.2. The highest BCUT2D eigenvalue weighted by molar-refractivity contribution is 6.39. The molecule has 1 aliphatic rings. The second-order valence-electron chi connectivity index (χ2n) is 8.36. The summed E-state index contributed by atoms with van der Waals surface area (Å²) in [4.78, 5) is 24.2. The number of carbonyl (C=O) groups is 2. The van der Waals surface area contributed by atoms with Gasteiger partial charge in [-0.3, -0.25) is 4.79 Å². The molecule has 8 heteroatoms. The first-order chi connectivity index (χ1) is 16.4. The van der Waals surface area contributed by atoms with Crippen molar-refractivity contribution >= 4 is 41.2 Å². The number of ether oxygens (including phenoxy) is 1. The molecule has 0 aromatic heterocycles. The first-order valence-corrected chi connectivity index (χ1v) is 12.1. The zero-order valence-electron chi connectivity index (χ0n) is 19.1. The molecular formula is C26H30Cl2N2O4. The predicted octanol–water partition coefficient (Wildman–Crippen LogP) is 5.36. The van der Waals surface area contributed by atoms with E-state index in [-0.39, 0.29) is 28.1 Å². The molecule has 2 aromatic carbocycles. The van der Waals surface area contributed by atoms with Crippen molar-refractivity contribution in [3.63, 3.8) is 0 Å². The lowest BCUT2D eigenvalue weighted by atomic mass is 9.89. The summed E-state index contributed by atoms with van der Waals surface area (Å²) in [6.45, 7) is 2.06. The van der Waals surface area contributed by atoms with E-state index in [1.807, 2.05) is 18.2 Å². The summed E-state index contributed by atoms with van der Waals surface area (Å²) in [6.07, 6.45) is 7.10. The number of methoxy groups -OCH3 is 1. The van der Waals surface area contributed by atoms with E-state index in [4.69, 9.17) is 27.9 Å². The summed E-state index contributed by atoms with van der Waals surface area (Å²) < 4.78 is 5.83. The second kappa shape index (κ2) is 12.9. The molecule has 1 fully saturated rings. The maximum absolute atomic E-state index is 12.5. The van der Waals surface area contributed by atoms with Gasteiger partial charge in [-0.1, -0.05) is 65.7 Å². The largest absolute Gasteiger partial charge is 0.480 e. The molecule has 2 unspecified atom stereocenters. The van der Waals surface area contributed by atoms with Crippen molar-refractivity contribution in [3.05, 3.63) is 75.3 Å². The minimum atomic E-state index is -1.14. The number of carbonyl (C=O) groups excluding carboxylic acids is 1. The molecule has 0 aliphatic carbocycles. The van der Waals surface area contributed by atoms with Gasteiger partial charge in [-0.25, -0.2) is 4.79 Å². The van der Waals surface area contributed by atoms with Crippen LogP contribution in [-0.4, -0.2) is 43.2 Å². The van der Waals surface area contributed by atoms with E-state index in [9.17, 15) is 14.7 Å². The Morgan fingerprint density at radius 1 is 1.15 bits per heavy atom. The topological polar surface area (TPSA) is 87.7 Å². The highest BCUT2D eigenvalue weighted by atomic mass is 35.5. The van der Waals surface area contributed by atoms with Crippen LogP contribution in [0.5, 0.6) is 0 Å².